The van der Waals surface area contributed by atoms with E-state index in [2.05, 4.69) is 9.78 Å². The number of hydrogen-bond donors (Lipinski definition) is 0. The van der Waals surface area contributed by atoms with Gasteiger partial charge in [0, 0.05) is 13.7 Å². The molecule has 1 atom stereocenters. The first kappa shape index (κ1) is 16.3. The van der Waals surface area contributed by atoms with E-state index in [0.717, 1.165) is 18.4 Å². The van der Waals surface area contributed by atoms with E-state index in [1.807, 2.05) is 30.3 Å². The molecule has 1 amide bonds. The fourth-order valence-electron chi connectivity index (χ4n) is 2.50. The Morgan fingerprint density at radius 3 is 2.73 bits per heavy atom. The summed E-state index contributed by atoms with van der Waals surface area (Å²) >= 11 is 0. The third-order valence-electron chi connectivity index (χ3n) is 3.64. The zero-order chi connectivity index (χ0) is 15.8. The Hall–Kier alpha value is -2.08. The number of aryl methyl sites for hydroxylation is 1. The summed E-state index contributed by atoms with van der Waals surface area (Å²) in [4.78, 5) is 34.2. The van der Waals surface area contributed by atoms with Crippen molar-refractivity contribution in [2.45, 2.75) is 31.7 Å². The fraction of sp³-hybridized carbons (Fsp3) is 0.500. The number of hydrogen-bond acceptors (Lipinski definition) is 5. The Labute approximate surface area is 129 Å². The zero-order valence-electron chi connectivity index (χ0n) is 12.7. The Morgan fingerprint density at radius 2 is 2.00 bits per heavy atom. The van der Waals surface area contributed by atoms with Crippen LogP contribution in [-0.2, 0) is 25.7 Å². The number of amides is 1. The van der Waals surface area contributed by atoms with Crippen LogP contribution in [0.25, 0.3) is 0 Å². The van der Waals surface area contributed by atoms with E-state index in [-0.39, 0.29) is 12.5 Å². The first-order valence-electron chi connectivity index (χ1n) is 7.41. The lowest BCUT2D eigenvalue weighted by atomic mass is 10.1. The van der Waals surface area contributed by atoms with Gasteiger partial charge in [-0.05, 0) is 24.8 Å². The smallest absolute Gasteiger partial charge is 0.383 e. The van der Waals surface area contributed by atoms with Gasteiger partial charge in [-0.25, -0.2) is 19.4 Å². The van der Waals surface area contributed by atoms with Crippen molar-refractivity contribution >= 4 is 12.1 Å². The lowest BCUT2D eigenvalue weighted by Gasteiger charge is -2.21. The third-order valence-corrected chi connectivity index (χ3v) is 3.64. The van der Waals surface area contributed by atoms with Crippen LogP contribution in [0.15, 0.2) is 30.3 Å². The van der Waals surface area contributed by atoms with E-state index in [9.17, 15) is 9.59 Å². The van der Waals surface area contributed by atoms with Crippen LogP contribution >= 0.6 is 0 Å². The molecule has 0 bridgehead atoms. The number of methoxy groups -OCH3 is 1. The second-order valence-corrected chi connectivity index (χ2v) is 5.23. The van der Waals surface area contributed by atoms with Crippen LogP contribution in [0.1, 0.15) is 24.8 Å². The average Bonchev–Trinajstić information content (AvgIpc) is 3.00. The number of rotatable bonds is 5. The number of carbonyl (C=O) groups is 2. The highest BCUT2D eigenvalue weighted by molar-refractivity contribution is 5.72. The molecule has 0 N–H and O–H groups in total. The maximum absolute atomic E-state index is 11.9. The Bertz CT molecular complexity index is 491. The van der Waals surface area contributed by atoms with E-state index < -0.39 is 12.1 Å². The SMILES string of the molecule is COC[C@@H]1CCCN1C(=O)OOC(=O)CCc1ccccc1. The van der Waals surface area contributed by atoms with Crippen LogP contribution in [0, 0.1) is 0 Å². The average molecular weight is 307 g/mol. The van der Waals surface area contributed by atoms with Gasteiger partial charge in [0.05, 0.1) is 19.1 Å². The highest BCUT2D eigenvalue weighted by atomic mass is 17.2. The quantitative estimate of drug-likeness (QED) is 0.617. The topological polar surface area (TPSA) is 65.1 Å². The van der Waals surface area contributed by atoms with Gasteiger partial charge in [-0.15, -0.1) is 0 Å². The van der Waals surface area contributed by atoms with E-state index >= 15 is 0 Å². The van der Waals surface area contributed by atoms with Crippen molar-refractivity contribution in [2.24, 2.45) is 0 Å². The van der Waals surface area contributed by atoms with Crippen molar-refractivity contribution in [1.82, 2.24) is 4.90 Å². The monoisotopic (exact) mass is 307 g/mol. The minimum atomic E-state index is -0.632. The van der Waals surface area contributed by atoms with E-state index in [1.54, 1.807) is 7.11 Å². The normalized spacial score (nSPS) is 17.3. The van der Waals surface area contributed by atoms with Crippen molar-refractivity contribution in [3.63, 3.8) is 0 Å². The second kappa shape index (κ2) is 8.38. The molecular formula is C16H21NO5. The second-order valence-electron chi connectivity index (χ2n) is 5.23. The zero-order valence-corrected chi connectivity index (χ0v) is 12.7. The molecule has 0 unspecified atom stereocenters. The molecule has 1 heterocycles. The Kier molecular flexibility index (Phi) is 6.21. The van der Waals surface area contributed by atoms with Gasteiger partial charge in [-0.3, -0.25) is 4.90 Å². The van der Waals surface area contributed by atoms with E-state index in [0.29, 0.717) is 19.6 Å². The summed E-state index contributed by atoms with van der Waals surface area (Å²) in [5, 5.41) is 0. The third kappa shape index (κ3) is 4.73. The van der Waals surface area contributed by atoms with Gasteiger partial charge in [0.2, 0.25) is 0 Å². The highest BCUT2D eigenvalue weighted by Crippen LogP contribution is 2.18. The number of benzene rings is 1. The summed E-state index contributed by atoms with van der Waals surface area (Å²) in [6.45, 7) is 1.05. The minimum Gasteiger partial charge on any atom is -0.383 e. The van der Waals surface area contributed by atoms with Gasteiger partial charge in [-0.1, -0.05) is 30.3 Å². The number of likely N-dealkylation sites (tertiary alicyclic amines) is 1. The molecular weight excluding hydrogens is 286 g/mol. The molecule has 0 spiro atoms. The lowest BCUT2D eigenvalue weighted by molar-refractivity contribution is -0.237. The first-order valence-corrected chi connectivity index (χ1v) is 7.41. The van der Waals surface area contributed by atoms with Gasteiger partial charge in [0.25, 0.3) is 0 Å². The molecule has 1 aliphatic rings. The minimum absolute atomic E-state index is 0.0134. The molecule has 1 aliphatic heterocycles. The van der Waals surface area contributed by atoms with Gasteiger partial charge in [0.15, 0.2) is 0 Å². The Morgan fingerprint density at radius 1 is 1.23 bits per heavy atom. The van der Waals surface area contributed by atoms with Crippen molar-refractivity contribution in [1.29, 1.82) is 0 Å². The largest absolute Gasteiger partial charge is 0.453 e. The molecule has 0 aliphatic carbocycles. The molecule has 22 heavy (non-hydrogen) atoms. The number of carbonyl (C=O) groups excluding carboxylic acids is 2. The lowest BCUT2D eigenvalue weighted by Crippen LogP contribution is -2.38. The molecule has 1 fully saturated rings. The molecule has 0 aromatic heterocycles. The highest BCUT2D eigenvalue weighted by Gasteiger charge is 2.31. The van der Waals surface area contributed by atoms with Crippen LogP contribution in [0.2, 0.25) is 0 Å². The van der Waals surface area contributed by atoms with Gasteiger partial charge in [0.1, 0.15) is 0 Å². The molecule has 0 saturated carbocycles. The molecule has 1 aromatic rings. The van der Waals surface area contributed by atoms with Crippen LogP contribution in [0.5, 0.6) is 0 Å². The molecule has 120 valence electrons. The maximum Gasteiger partial charge on any atom is 0.453 e. The van der Waals surface area contributed by atoms with Crippen LogP contribution in [-0.4, -0.2) is 43.3 Å². The summed E-state index contributed by atoms with van der Waals surface area (Å²) in [7, 11) is 1.59. The predicted molar refractivity (Wildman–Crippen MR) is 78.9 cm³/mol. The van der Waals surface area contributed by atoms with Crippen molar-refractivity contribution < 1.29 is 24.1 Å². The van der Waals surface area contributed by atoms with Crippen LogP contribution < -0.4 is 0 Å². The van der Waals surface area contributed by atoms with Gasteiger partial charge in [-0.2, -0.15) is 0 Å². The Balaban J connectivity index is 1.70. The summed E-state index contributed by atoms with van der Waals surface area (Å²) in [5.41, 5.74) is 1.03. The molecule has 6 nitrogen and oxygen atoms in total. The number of ether oxygens (including phenoxy) is 1. The summed E-state index contributed by atoms with van der Waals surface area (Å²) < 4.78 is 5.06. The van der Waals surface area contributed by atoms with Gasteiger partial charge >= 0.3 is 12.1 Å². The van der Waals surface area contributed by atoms with E-state index in [4.69, 9.17) is 4.74 Å². The van der Waals surface area contributed by atoms with E-state index in [1.165, 1.54) is 4.90 Å². The van der Waals surface area contributed by atoms with Crippen LogP contribution in [0.4, 0.5) is 4.79 Å². The van der Waals surface area contributed by atoms with Crippen LogP contribution in [0.3, 0.4) is 0 Å². The molecule has 6 heteroatoms. The first-order chi connectivity index (χ1) is 10.7. The summed E-state index contributed by atoms with van der Waals surface area (Å²) in [6.07, 6.45) is 1.84. The maximum atomic E-state index is 11.9. The van der Waals surface area contributed by atoms with Gasteiger partial charge < -0.3 is 4.74 Å². The van der Waals surface area contributed by atoms with Crippen molar-refractivity contribution in [2.75, 3.05) is 20.3 Å². The molecule has 1 aromatic carbocycles. The van der Waals surface area contributed by atoms with Crippen molar-refractivity contribution in [3.8, 4) is 0 Å². The molecule has 1 saturated heterocycles. The predicted octanol–water partition coefficient (Wildman–Crippen LogP) is 2.32. The number of nitrogens with zero attached hydrogens (tertiary/aromatic N) is 1. The standard InChI is InChI=1S/C16H21NO5/c1-20-12-14-8-5-11-17(14)16(19)22-21-15(18)10-9-13-6-3-2-4-7-13/h2-4,6-7,14H,5,8-12H2,1H3/t14-/m0/s1. The molecule has 2 rings (SSSR count). The summed E-state index contributed by atoms with van der Waals surface area (Å²) in [5.74, 6) is -0.556. The molecule has 0 radical (unpaired) electrons. The van der Waals surface area contributed by atoms with Crippen molar-refractivity contribution in [3.05, 3.63) is 35.9 Å². The fourth-order valence-corrected chi connectivity index (χ4v) is 2.50. The summed E-state index contributed by atoms with van der Waals surface area (Å²) in [6, 6.07) is 9.57.